The standard InChI is InChI=1S/C11H21F2N3O2/c1-11(2,3)18-10(17)16-15-9-4-7(12)5-14-6-8(9)13/h7-9,14-15H,4-6H2,1-3H3,(H,16,17). The molecule has 1 aliphatic heterocycles. The van der Waals surface area contributed by atoms with E-state index in [2.05, 4.69) is 16.2 Å². The molecule has 0 bridgehead atoms. The second kappa shape index (κ2) is 6.29. The Kier molecular flexibility index (Phi) is 5.28. The minimum atomic E-state index is -1.26. The average Bonchev–Trinajstić information content (AvgIpc) is 2.35. The van der Waals surface area contributed by atoms with Gasteiger partial charge in [-0.15, -0.1) is 0 Å². The summed E-state index contributed by atoms with van der Waals surface area (Å²) in [6, 6.07) is -0.762. The van der Waals surface area contributed by atoms with Crippen molar-refractivity contribution in [3.05, 3.63) is 0 Å². The summed E-state index contributed by atoms with van der Waals surface area (Å²) in [7, 11) is 0. The van der Waals surface area contributed by atoms with Crippen LogP contribution in [0.2, 0.25) is 0 Å². The van der Waals surface area contributed by atoms with Crippen LogP contribution in [0.4, 0.5) is 13.6 Å². The normalized spacial score (nSPS) is 29.5. The molecule has 0 aromatic heterocycles. The average molecular weight is 265 g/mol. The van der Waals surface area contributed by atoms with Crippen LogP contribution in [0.1, 0.15) is 27.2 Å². The van der Waals surface area contributed by atoms with Gasteiger partial charge < -0.3 is 10.1 Å². The first-order chi connectivity index (χ1) is 8.28. The van der Waals surface area contributed by atoms with E-state index in [0.717, 1.165) is 0 Å². The van der Waals surface area contributed by atoms with Gasteiger partial charge in [-0.3, -0.25) is 5.43 Å². The molecule has 3 unspecified atom stereocenters. The number of carbonyl (C=O) groups excluding carboxylic acids is 1. The summed E-state index contributed by atoms with van der Waals surface area (Å²) in [5.74, 6) is 0. The predicted molar refractivity (Wildman–Crippen MR) is 63.6 cm³/mol. The van der Waals surface area contributed by atoms with Crippen molar-refractivity contribution in [2.45, 2.75) is 51.2 Å². The van der Waals surface area contributed by atoms with E-state index in [1.54, 1.807) is 20.8 Å². The first-order valence-electron chi connectivity index (χ1n) is 6.01. The number of halogens is 2. The highest BCUT2D eigenvalue weighted by Gasteiger charge is 2.28. The number of alkyl halides is 2. The molecule has 1 saturated heterocycles. The molecule has 18 heavy (non-hydrogen) atoms. The first-order valence-corrected chi connectivity index (χ1v) is 6.01. The Labute approximate surface area is 106 Å². The summed E-state index contributed by atoms with van der Waals surface area (Å²) >= 11 is 0. The second-order valence-corrected chi connectivity index (χ2v) is 5.38. The molecular formula is C11H21F2N3O2. The summed E-state index contributed by atoms with van der Waals surface area (Å²) in [4.78, 5) is 11.3. The van der Waals surface area contributed by atoms with Gasteiger partial charge in [0.15, 0.2) is 0 Å². The predicted octanol–water partition coefficient (Wildman–Crippen LogP) is 1.05. The Bertz CT molecular complexity index is 284. The van der Waals surface area contributed by atoms with E-state index in [1.807, 2.05) is 0 Å². The quantitative estimate of drug-likeness (QED) is 0.653. The highest BCUT2D eigenvalue weighted by Crippen LogP contribution is 2.12. The number of rotatable bonds is 2. The summed E-state index contributed by atoms with van der Waals surface area (Å²) in [6.07, 6.45) is -3.10. The summed E-state index contributed by atoms with van der Waals surface area (Å²) in [6.45, 7) is 5.35. The zero-order valence-corrected chi connectivity index (χ0v) is 10.9. The molecule has 0 radical (unpaired) electrons. The SMILES string of the molecule is CC(C)(C)OC(=O)NNC1CC(F)CNCC1F. The van der Waals surface area contributed by atoms with Crippen LogP contribution in [-0.2, 0) is 4.74 Å². The van der Waals surface area contributed by atoms with Crippen LogP contribution < -0.4 is 16.2 Å². The van der Waals surface area contributed by atoms with Crippen LogP contribution in [-0.4, -0.2) is 43.2 Å². The monoisotopic (exact) mass is 265 g/mol. The minimum absolute atomic E-state index is 0.00393. The van der Waals surface area contributed by atoms with Crippen molar-refractivity contribution in [2.24, 2.45) is 0 Å². The van der Waals surface area contributed by atoms with Crippen molar-refractivity contribution in [1.29, 1.82) is 0 Å². The number of hydrazine groups is 1. The van der Waals surface area contributed by atoms with E-state index < -0.39 is 30.1 Å². The highest BCUT2D eigenvalue weighted by molar-refractivity contribution is 5.67. The van der Waals surface area contributed by atoms with Crippen LogP contribution in [0, 0.1) is 0 Å². The Hall–Kier alpha value is -0.950. The fraction of sp³-hybridized carbons (Fsp3) is 0.909. The summed E-state index contributed by atoms with van der Waals surface area (Å²) < 4.78 is 31.8. The molecule has 1 rings (SSSR count). The molecule has 7 heteroatoms. The molecule has 1 fully saturated rings. The third kappa shape index (κ3) is 5.59. The van der Waals surface area contributed by atoms with Gasteiger partial charge in [0.05, 0.1) is 6.04 Å². The van der Waals surface area contributed by atoms with Gasteiger partial charge in [0, 0.05) is 13.1 Å². The van der Waals surface area contributed by atoms with Crippen molar-refractivity contribution < 1.29 is 18.3 Å². The third-order valence-corrected chi connectivity index (χ3v) is 2.41. The number of hydrogen-bond donors (Lipinski definition) is 3. The molecule has 5 nitrogen and oxygen atoms in total. The van der Waals surface area contributed by atoms with Crippen LogP contribution in [0.25, 0.3) is 0 Å². The van der Waals surface area contributed by atoms with Crippen molar-refractivity contribution >= 4 is 6.09 Å². The van der Waals surface area contributed by atoms with Crippen molar-refractivity contribution in [1.82, 2.24) is 16.2 Å². The lowest BCUT2D eigenvalue weighted by molar-refractivity contribution is 0.0470. The maximum absolute atomic E-state index is 13.6. The van der Waals surface area contributed by atoms with Gasteiger partial charge in [0.25, 0.3) is 0 Å². The first kappa shape index (κ1) is 15.1. The maximum atomic E-state index is 13.6. The van der Waals surface area contributed by atoms with E-state index in [0.29, 0.717) is 0 Å². The molecule has 0 aromatic rings. The van der Waals surface area contributed by atoms with Gasteiger partial charge in [-0.1, -0.05) is 0 Å². The lowest BCUT2D eigenvalue weighted by Crippen LogP contribution is -2.51. The molecule has 106 valence electrons. The zero-order chi connectivity index (χ0) is 13.8. The lowest BCUT2D eigenvalue weighted by Gasteiger charge is -2.23. The molecule has 3 N–H and O–H groups in total. The van der Waals surface area contributed by atoms with Crippen LogP contribution >= 0.6 is 0 Å². The topological polar surface area (TPSA) is 62.4 Å². The van der Waals surface area contributed by atoms with Crippen LogP contribution in [0.15, 0.2) is 0 Å². The number of carbonyl (C=O) groups is 1. The fourth-order valence-electron chi connectivity index (χ4n) is 1.63. The molecule has 0 aromatic carbocycles. The van der Waals surface area contributed by atoms with E-state index >= 15 is 0 Å². The van der Waals surface area contributed by atoms with Gasteiger partial charge in [-0.05, 0) is 27.2 Å². The number of ether oxygens (including phenoxy) is 1. The highest BCUT2D eigenvalue weighted by atomic mass is 19.1. The Morgan fingerprint density at radius 1 is 1.33 bits per heavy atom. The molecule has 3 atom stereocenters. The van der Waals surface area contributed by atoms with Gasteiger partial charge in [0.2, 0.25) is 0 Å². The van der Waals surface area contributed by atoms with E-state index in [4.69, 9.17) is 4.74 Å². The summed E-state index contributed by atoms with van der Waals surface area (Å²) in [5, 5.41) is 2.67. The smallest absolute Gasteiger partial charge is 0.422 e. The van der Waals surface area contributed by atoms with Crippen LogP contribution in [0.5, 0.6) is 0 Å². The van der Waals surface area contributed by atoms with E-state index in [1.165, 1.54) is 0 Å². The van der Waals surface area contributed by atoms with Crippen LogP contribution in [0.3, 0.4) is 0 Å². The van der Waals surface area contributed by atoms with Crippen molar-refractivity contribution in [3.63, 3.8) is 0 Å². The largest absolute Gasteiger partial charge is 0.443 e. The number of hydrogen-bond acceptors (Lipinski definition) is 4. The minimum Gasteiger partial charge on any atom is -0.443 e. The Morgan fingerprint density at radius 3 is 2.61 bits per heavy atom. The van der Waals surface area contributed by atoms with Gasteiger partial charge in [-0.2, -0.15) is 0 Å². The molecule has 1 aliphatic rings. The van der Waals surface area contributed by atoms with Crippen molar-refractivity contribution in [3.8, 4) is 0 Å². The molecule has 0 aliphatic carbocycles. The molecule has 0 spiro atoms. The molecule has 0 saturated carbocycles. The summed E-state index contributed by atoms with van der Waals surface area (Å²) in [5.41, 5.74) is 4.10. The van der Waals surface area contributed by atoms with Gasteiger partial charge >= 0.3 is 6.09 Å². The zero-order valence-electron chi connectivity index (χ0n) is 10.9. The third-order valence-electron chi connectivity index (χ3n) is 2.41. The molecule has 1 heterocycles. The number of amides is 1. The Balaban J connectivity index is 2.38. The Morgan fingerprint density at radius 2 is 2.00 bits per heavy atom. The van der Waals surface area contributed by atoms with Gasteiger partial charge in [-0.25, -0.2) is 19.0 Å². The second-order valence-electron chi connectivity index (χ2n) is 5.38. The van der Waals surface area contributed by atoms with E-state index in [9.17, 15) is 13.6 Å². The lowest BCUT2D eigenvalue weighted by atomic mass is 10.1. The fourth-order valence-corrected chi connectivity index (χ4v) is 1.63. The number of nitrogens with one attached hydrogen (secondary N) is 3. The molecular weight excluding hydrogens is 244 g/mol. The van der Waals surface area contributed by atoms with Gasteiger partial charge in [0.1, 0.15) is 17.9 Å². The van der Waals surface area contributed by atoms with E-state index in [-0.39, 0.29) is 19.5 Å². The van der Waals surface area contributed by atoms with Crippen molar-refractivity contribution in [2.75, 3.05) is 13.1 Å². The molecule has 1 amide bonds. The maximum Gasteiger partial charge on any atom is 0.422 e.